The van der Waals surface area contributed by atoms with E-state index in [1.807, 2.05) is 12.1 Å². The molecule has 1 unspecified atom stereocenters. The Morgan fingerprint density at radius 1 is 1.09 bits per heavy atom. The Balaban J connectivity index is 1.53. The first-order valence-electron chi connectivity index (χ1n) is 10.7. The lowest BCUT2D eigenvalue weighted by Gasteiger charge is -2.23. The van der Waals surface area contributed by atoms with Gasteiger partial charge in [0.15, 0.2) is 0 Å². The van der Waals surface area contributed by atoms with Crippen LogP contribution in [0.3, 0.4) is 0 Å². The van der Waals surface area contributed by atoms with Crippen LogP contribution in [0.15, 0.2) is 48.5 Å². The van der Waals surface area contributed by atoms with Gasteiger partial charge in [-0.2, -0.15) is 0 Å². The Labute approximate surface area is 187 Å². The van der Waals surface area contributed by atoms with Gasteiger partial charge in [-0.25, -0.2) is 5.48 Å². The van der Waals surface area contributed by atoms with Gasteiger partial charge in [-0.05, 0) is 61.3 Å². The number of piperidine rings is 1. The Morgan fingerprint density at radius 2 is 1.75 bits per heavy atom. The average molecular weight is 436 g/mol. The molecule has 0 saturated carbocycles. The minimum atomic E-state index is -1.01. The van der Waals surface area contributed by atoms with Crippen molar-refractivity contribution in [2.24, 2.45) is 5.73 Å². The van der Waals surface area contributed by atoms with Crippen molar-refractivity contribution in [2.75, 3.05) is 19.6 Å². The fourth-order valence-corrected chi connectivity index (χ4v) is 3.39. The highest BCUT2D eigenvalue weighted by atomic mass is 16.5. The summed E-state index contributed by atoms with van der Waals surface area (Å²) in [6, 6.07) is 14.4. The summed E-state index contributed by atoms with van der Waals surface area (Å²) in [7, 11) is 0. The number of rotatable bonds is 7. The number of amides is 2. The van der Waals surface area contributed by atoms with Gasteiger partial charge in [-0.15, -0.1) is 0 Å². The molecule has 2 aromatic rings. The molecular weight excluding hydrogens is 406 g/mol. The van der Waals surface area contributed by atoms with Gasteiger partial charge in [-0.3, -0.25) is 14.8 Å². The largest absolute Gasteiger partial charge is 0.339 e. The number of carbonyl (C=O) groups excluding carboxylic acids is 2. The minimum Gasteiger partial charge on any atom is -0.339 e. The number of benzene rings is 2. The van der Waals surface area contributed by atoms with Crippen molar-refractivity contribution >= 4 is 11.8 Å². The first-order chi connectivity index (χ1) is 15.6. The molecule has 0 bridgehead atoms. The van der Waals surface area contributed by atoms with Crippen molar-refractivity contribution in [3.8, 4) is 11.8 Å². The standard InChI is InChI=1S/C24H29N5O3/c25-14-22(24(31)29-32)28-23(30)20-11-9-18(10-12-20)4-3-17-5-7-19(8-6-17)15-27-21-2-1-13-26-16-21/h5-12,21-22,26-27,32H,1-2,13-16,25H2,(H,28,30)(H,29,31)/t21?,22-/m0/s1. The fraction of sp³-hybridized carbons (Fsp3) is 0.333. The zero-order chi connectivity index (χ0) is 22.8. The first-order valence-corrected chi connectivity index (χ1v) is 10.7. The molecule has 1 heterocycles. The van der Waals surface area contributed by atoms with Gasteiger partial charge in [0.25, 0.3) is 11.8 Å². The van der Waals surface area contributed by atoms with E-state index < -0.39 is 17.9 Å². The Morgan fingerprint density at radius 3 is 2.31 bits per heavy atom. The van der Waals surface area contributed by atoms with Gasteiger partial charge in [0.2, 0.25) is 0 Å². The maximum absolute atomic E-state index is 12.2. The van der Waals surface area contributed by atoms with Crippen molar-refractivity contribution < 1.29 is 14.8 Å². The second-order valence-corrected chi connectivity index (χ2v) is 7.69. The third kappa shape index (κ3) is 6.90. The van der Waals surface area contributed by atoms with Gasteiger partial charge in [0.1, 0.15) is 6.04 Å². The van der Waals surface area contributed by atoms with Gasteiger partial charge < -0.3 is 21.7 Å². The smallest absolute Gasteiger partial charge is 0.267 e. The topological polar surface area (TPSA) is 129 Å². The average Bonchev–Trinajstić information content (AvgIpc) is 2.85. The van der Waals surface area contributed by atoms with E-state index in [1.165, 1.54) is 23.9 Å². The molecule has 1 aliphatic rings. The van der Waals surface area contributed by atoms with Gasteiger partial charge in [0.05, 0.1) is 0 Å². The summed E-state index contributed by atoms with van der Waals surface area (Å²) in [4.78, 5) is 23.7. The number of carbonyl (C=O) groups is 2. The summed E-state index contributed by atoms with van der Waals surface area (Å²) in [6.45, 7) is 2.85. The van der Waals surface area contributed by atoms with Crippen LogP contribution < -0.4 is 27.2 Å². The van der Waals surface area contributed by atoms with Crippen LogP contribution in [0.1, 0.15) is 39.9 Å². The zero-order valence-corrected chi connectivity index (χ0v) is 17.9. The Kier molecular flexibility index (Phi) is 8.78. The molecule has 2 aromatic carbocycles. The van der Waals surface area contributed by atoms with Crippen LogP contribution in [0.4, 0.5) is 0 Å². The maximum atomic E-state index is 12.2. The van der Waals surface area contributed by atoms with E-state index in [-0.39, 0.29) is 6.54 Å². The van der Waals surface area contributed by atoms with Crippen LogP contribution in [0.25, 0.3) is 0 Å². The lowest BCUT2D eigenvalue weighted by atomic mass is 10.1. The minimum absolute atomic E-state index is 0.131. The molecule has 8 heteroatoms. The normalized spacial score (nSPS) is 16.4. The molecule has 0 aromatic heterocycles. The highest BCUT2D eigenvalue weighted by Crippen LogP contribution is 2.08. The highest BCUT2D eigenvalue weighted by Gasteiger charge is 2.19. The maximum Gasteiger partial charge on any atom is 0.267 e. The van der Waals surface area contributed by atoms with E-state index in [1.54, 1.807) is 24.3 Å². The third-order valence-corrected chi connectivity index (χ3v) is 5.31. The number of hydrogen-bond donors (Lipinski definition) is 6. The van der Waals surface area contributed by atoms with Crippen molar-refractivity contribution in [1.82, 2.24) is 21.4 Å². The van der Waals surface area contributed by atoms with Crippen LogP contribution in [0.2, 0.25) is 0 Å². The predicted octanol–water partition coefficient (Wildman–Crippen LogP) is 0.491. The molecule has 3 rings (SSSR count). The number of hydroxylamine groups is 1. The number of nitrogens with one attached hydrogen (secondary N) is 4. The fourth-order valence-electron chi connectivity index (χ4n) is 3.39. The van der Waals surface area contributed by atoms with Crippen molar-refractivity contribution in [3.63, 3.8) is 0 Å². The van der Waals surface area contributed by atoms with Gasteiger partial charge >= 0.3 is 0 Å². The lowest BCUT2D eigenvalue weighted by Crippen LogP contribution is -2.50. The number of nitrogens with two attached hydrogens (primary N) is 1. The predicted molar refractivity (Wildman–Crippen MR) is 122 cm³/mol. The van der Waals surface area contributed by atoms with Crippen LogP contribution in [-0.2, 0) is 11.3 Å². The molecule has 8 nitrogen and oxygen atoms in total. The Bertz CT molecular complexity index is 958. The van der Waals surface area contributed by atoms with E-state index >= 15 is 0 Å². The summed E-state index contributed by atoms with van der Waals surface area (Å²) >= 11 is 0. The first kappa shape index (κ1) is 23.4. The molecule has 1 saturated heterocycles. The molecule has 0 aliphatic carbocycles. The van der Waals surface area contributed by atoms with E-state index in [9.17, 15) is 9.59 Å². The summed E-state index contributed by atoms with van der Waals surface area (Å²) in [6.07, 6.45) is 2.43. The van der Waals surface area contributed by atoms with Crippen LogP contribution in [-0.4, -0.2) is 48.7 Å². The van der Waals surface area contributed by atoms with Gasteiger partial charge in [-0.1, -0.05) is 24.0 Å². The second-order valence-electron chi connectivity index (χ2n) is 7.69. The van der Waals surface area contributed by atoms with Gasteiger partial charge in [0, 0.05) is 42.4 Å². The van der Waals surface area contributed by atoms with Crippen molar-refractivity contribution in [3.05, 3.63) is 70.8 Å². The quantitative estimate of drug-likeness (QED) is 0.213. The van der Waals surface area contributed by atoms with Crippen LogP contribution in [0, 0.1) is 11.8 Å². The van der Waals surface area contributed by atoms with Crippen LogP contribution >= 0.6 is 0 Å². The molecule has 7 N–H and O–H groups in total. The highest BCUT2D eigenvalue weighted by molar-refractivity contribution is 5.97. The lowest BCUT2D eigenvalue weighted by molar-refractivity contribution is -0.130. The molecule has 32 heavy (non-hydrogen) atoms. The van der Waals surface area contributed by atoms with Crippen molar-refractivity contribution in [1.29, 1.82) is 0 Å². The summed E-state index contributed by atoms with van der Waals surface area (Å²) in [5.74, 6) is 4.99. The molecule has 2 atom stereocenters. The Hall–Kier alpha value is -3.22. The van der Waals surface area contributed by atoms with E-state index in [2.05, 4.69) is 39.9 Å². The van der Waals surface area contributed by atoms with Crippen LogP contribution in [0.5, 0.6) is 0 Å². The van der Waals surface area contributed by atoms with Crippen molar-refractivity contribution in [2.45, 2.75) is 31.5 Å². The summed E-state index contributed by atoms with van der Waals surface area (Å²) in [5.41, 5.74) is 10.2. The van der Waals surface area contributed by atoms with E-state index in [0.29, 0.717) is 11.6 Å². The third-order valence-electron chi connectivity index (χ3n) is 5.31. The molecule has 1 aliphatic heterocycles. The number of hydrogen-bond acceptors (Lipinski definition) is 6. The SMILES string of the molecule is NC[C@H](NC(=O)c1ccc(C#Cc2ccc(CNC3CCCNC3)cc2)cc1)C(=O)NO. The zero-order valence-electron chi connectivity index (χ0n) is 17.9. The molecule has 2 amide bonds. The van der Waals surface area contributed by atoms with E-state index in [0.717, 1.165) is 30.8 Å². The molecule has 0 spiro atoms. The summed E-state index contributed by atoms with van der Waals surface area (Å²) in [5, 5.41) is 18.1. The monoisotopic (exact) mass is 435 g/mol. The summed E-state index contributed by atoms with van der Waals surface area (Å²) < 4.78 is 0. The molecule has 1 fully saturated rings. The van der Waals surface area contributed by atoms with E-state index in [4.69, 9.17) is 10.9 Å². The molecular formula is C24H29N5O3. The molecule has 168 valence electrons. The molecule has 0 radical (unpaired) electrons. The second kappa shape index (κ2) is 12.0.